The molecule has 1 aromatic carbocycles. The number of hydrogen-bond donors (Lipinski definition) is 2. The topological polar surface area (TPSA) is 70.2 Å². The fourth-order valence-corrected chi connectivity index (χ4v) is 1.98. The normalized spacial score (nSPS) is 14.4. The number of fused-ring (bicyclic) bond motifs is 1. The van der Waals surface area contributed by atoms with E-state index >= 15 is 0 Å². The van der Waals surface area contributed by atoms with Gasteiger partial charge in [-0.15, -0.1) is 0 Å². The van der Waals surface area contributed by atoms with Crippen molar-refractivity contribution < 1.29 is 4.79 Å². The summed E-state index contributed by atoms with van der Waals surface area (Å²) in [5, 5.41) is 7.12. The van der Waals surface area contributed by atoms with E-state index in [9.17, 15) is 4.79 Å². The molecule has 1 aliphatic heterocycles. The van der Waals surface area contributed by atoms with Crippen LogP contribution in [-0.2, 0) is 17.8 Å². The maximum absolute atomic E-state index is 11.7. The molecule has 0 aliphatic carbocycles. The van der Waals surface area contributed by atoms with Crippen molar-refractivity contribution in [1.29, 1.82) is 5.41 Å². The van der Waals surface area contributed by atoms with Crippen LogP contribution in [0.2, 0.25) is 0 Å². The minimum absolute atomic E-state index is 0.0299. The second kappa shape index (κ2) is 4.35. The number of nitrogens with zero attached hydrogens (tertiary/aromatic N) is 1. The fourth-order valence-electron chi connectivity index (χ4n) is 1.98. The Hall–Kier alpha value is -1.84. The van der Waals surface area contributed by atoms with Crippen LogP contribution in [0.1, 0.15) is 17.5 Å². The summed E-state index contributed by atoms with van der Waals surface area (Å²) in [6.45, 7) is 1.37. The van der Waals surface area contributed by atoms with Crippen LogP contribution in [0.15, 0.2) is 24.3 Å². The van der Waals surface area contributed by atoms with Gasteiger partial charge in [-0.1, -0.05) is 24.3 Å². The van der Waals surface area contributed by atoms with E-state index in [4.69, 9.17) is 11.1 Å². The molecular weight excluding hydrogens is 202 g/mol. The number of nitrogens with one attached hydrogen (secondary N) is 1. The number of carbonyl (C=O) groups is 1. The van der Waals surface area contributed by atoms with Gasteiger partial charge < -0.3 is 10.6 Å². The third-order valence-electron chi connectivity index (χ3n) is 2.83. The average Bonchev–Trinajstić information content (AvgIpc) is 2.27. The molecule has 0 radical (unpaired) electrons. The van der Waals surface area contributed by atoms with Crippen molar-refractivity contribution in [2.24, 2.45) is 5.73 Å². The number of rotatable bonds is 2. The Morgan fingerprint density at radius 1 is 1.38 bits per heavy atom. The molecular formula is C12H15N3O. The molecule has 4 nitrogen and oxygen atoms in total. The minimum atomic E-state index is -0.0659. The summed E-state index contributed by atoms with van der Waals surface area (Å²) in [4.78, 5) is 13.5. The van der Waals surface area contributed by atoms with Crippen molar-refractivity contribution in [3.63, 3.8) is 0 Å². The van der Waals surface area contributed by atoms with E-state index in [0.29, 0.717) is 6.54 Å². The van der Waals surface area contributed by atoms with Crippen molar-refractivity contribution >= 4 is 11.7 Å². The molecule has 1 amide bonds. The first-order valence-electron chi connectivity index (χ1n) is 5.34. The maximum atomic E-state index is 11.7. The van der Waals surface area contributed by atoms with Crippen LogP contribution in [0, 0.1) is 5.41 Å². The molecule has 2 rings (SSSR count). The molecule has 1 aromatic rings. The molecule has 0 saturated carbocycles. The first-order chi connectivity index (χ1) is 7.66. The Morgan fingerprint density at radius 3 is 2.75 bits per heavy atom. The zero-order valence-electron chi connectivity index (χ0n) is 9.07. The Kier molecular flexibility index (Phi) is 2.90. The van der Waals surface area contributed by atoms with Crippen molar-refractivity contribution in [2.45, 2.75) is 19.4 Å². The smallest absolute Gasteiger partial charge is 0.230 e. The predicted molar refractivity (Wildman–Crippen MR) is 62.1 cm³/mol. The highest BCUT2D eigenvalue weighted by Gasteiger charge is 2.20. The Balaban J connectivity index is 2.08. The lowest BCUT2D eigenvalue weighted by atomic mass is 10.00. The van der Waals surface area contributed by atoms with Crippen molar-refractivity contribution in [3.8, 4) is 0 Å². The van der Waals surface area contributed by atoms with E-state index < -0.39 is 0 Å². The van der Waals surface area contributed by atoms with Gasteiger partial charge in [-0.3, -0.25) is 10.2 Å². The first kappa shape index (κ1) is 10.7. The highest BCUT2D eigenvalue weighted by atomic mass is 16.2. The quantitative estimate of drug-likeness (QED) is 0.570. The summed E-state index contributed by atoms with van der Waals surface area (Å²) in [7, 11) is 0. The molecule has 16 heavy (non-hydrogen) atoms. The van der Waals surface area contributed by atoms with E-state index in [2.05, 4.69) is 6.07 Å². The van der Waals surface area contributed by atoms with E-state index in [1.807, 2.05) is 18.2 Å². The van der Waals surface area contributed by atoms with E-state index in [1.54, 1.807) is 4.90 Å². The fraction of sp³-hybridized carbons (Fsp3) is 0.333. The van der Waals surface area contributed by atoms with Gasteiger partial charge in [-0.2, -0.15) is 0 Å². The second-order valence-electron chi connectivity index (χ2n) is 4.04. The number of nitrogens with two attached hydrogens (primary N) is 1. The van der Waals surface area contributed by atoms with Gasteiger partial charge in [0.05, 0.1) is 12.3 Å². The van der Waals surface area contributed by atoms with Crippen molar-refractivity contribution in [2.75, 3.05) is 6.54 Å². The number of amidine groups is 1. The van der Waals surface area contributed by atoms with Crippen LogP contribution in [0.5, 0.6) is 0 Å². The zero-order valence-corrected chi connectivity index (χ0v) is 9.07. The van der Waals surface area contributed by atoms with Crippen LogP contribution >= 0.6 is 0 Å². The van der Waals surface area contributed by atoms with Crippen LogP contribution in [-0.4, -0.2) is 23.2 Å². The highest BCUT2D eigenvalue weighted by Crippen LogP contribution is 2.18. The molecule has 0 saturated heterocycles. The lowest BCUT2D eigenvalue weighted by molar-refractivity contribution is -0.130. The standard InChI is InChI=1S/C12H15N3O/c13-11(14)7-12(16)15-6-5-9-3-1-2-4-10(9)8-15/h1-4H,5-8H2,(H3,13,14). The van der Waals surface area contributed by atoms with Crippen LogP contribution in [0.4, 0.5) is 0 Å². The van der Waals surface area contributed by atoms with Gasteiger partial charge in [0, 0.05) is 13.1 Å². The lowest BCUT2D eigenvalue weighted by Crippen LogP contribution is -2.37. The van der Waals surface area contributed by atoms with E-state index in [-0.39, 0.29) is 18.2 Å². The molecule has 0 unspecified atom stereocenters. The highest BCUT2D eigenvalue weighted by molar-refractivity contribution is 5.97. The van der Waals surface area contributed by atoms with Gasteiger partial charge in [-0.25, -0.2) is 0 Å². The summed E-state index contributed by atoms with van der Waals surface area (Å²) in [5.74, 6) is -0.120. The molecule has 1 aliphatic rings. The SMILES string of the molecule is N=C(N)CC(=O)N1CCc2ccccc2C1. The van der Waals surface area contributed by atoms with Gasteiger partial charge in [0.25, 0.3) is 0 Å². The summed E-state index contributed by atoms with van der Waals surface area (Å²) < 4.78 is 0. The van der Waals surface area contributed by atoms with Crippen molar-refractivity contribution in [3.05, 3.63) is 35.4 Å². The number of benzene rings is 1. The molecule has 0 aromatic heterocycles. The first-order valence-corrected chi connectivity index (χ1v) is 5.34. The largest absolute Gasteiger partial charge is 0.387 e. The lowest BCUT2D eigenvalue weighted by Gasteiger charge is -2.28. The third kappa shape index (κ3) is 2.21. The van der Waals surface area contributed by atoms with Gasteiger partial charge in [0.1, 0.15) is 0 Å². The van der Waals surface area contributed by atoms with Crippen LogP contribution in [0.25, 0.3) is 0 Å². The van der Waals surface area contributed by atoms with Gasteiger partial charge in [0.15, 0.2) is 0 Å². The predicted octanol–water partition coefficient (Wildman–Crippen LogP) is 0.897. The van der Waals surface area contributed by atoms with Gasteiger partial charge in [-0.05, 0) is 17.5 Å². The maximum Gasteiger partial charge on any atom is 0.230 e. The minimum Gasteiger partial charge on any atom is -0.387 e. The zero-order chi connectivity index (χ0) is 11.5. The molecule has 0 bridgehead atoms. The summed E-state index contributed by atoms with van der Waals surface area (Å²) >= 11 is 0. The number of hydrogen-bond acceptors (Lipinski definition) is 2. The Bertz CT molecular complexity index is 428. The monoisotopic (exact) mass is 217 g/mol. The Morgan fingerprint density at radius 2 is 2.06 bits per heavy atom. The van der Waals surface area contributed by atoms with Crippen molar-refractivity contribution in [1.82, 2.24) is 4.90 Å². The Labute approximate surface area is 94.6 Å². The molecule has 84 valence electrons. The van der Waals surface area contributed by atoms with E-state index in [1.165, 1.54) is 11.1 Å². The summed E-state index contributed by atoms with van der Waals surface area (Å²) in [5.41, 5.74) is 7.74. The second-order valence-corrected chi connectivity index (χ2v) is 4.04. The molecule has 3 N–H and O–H groups in total. The third-order valence-corrected chi connectivity index (χ3v) is 2.83. The number of amides is 1. The molecule has 0 spiro atoms. The molecule has 0 atom stereocenters. The van der Waals surface area contributed by atoms with E-state index in [0.717, 1.165) is 13.0 Å². The van der Waals surface area contributed by atoms with Gasteiger partial charge in [0.2, 0.25) is 5.91 Å². The summed E-state index contributed by atoms with van der Waals surface area (Å²) in [6, 6.07) is 8.15. The van der Waals surface area contributed by atoms with Crippen LogP contribution in [0.3, 0.4) is 0 Å². The molecule has 1 heterocycles. The average molecular weight is 217 g/mol. The van der Waals surface area contributed by atoms with Crippen LogP contribution < -0.4 is 5.73 Å². The molecule has 0 fully saturated rings. The number of carbonyl (C=O) groups excluding carboxylic acids is 1. The molecule has 4 heteroatoms. The van der Waals surface area contributed by atoms with Gasteiger partial charge >= 0.3 is 0 Å². The summed E-state index contributed by atoms with van der Waals surface area (Å²) in [6.07, 6.45) is 0.919.